The predicted molar refractivity (Wildman–Crippen MR) is 329 cm³/mol. The number of rotatable bonds is 26. The number of hydrogen-bond donors (Lipinski definition) is 16. The van der Waals surface area contributed by atoms with Crippen LogP contribution in [0.1, 0.15) is 42.3 Å². The Morgan fingerprint density at radius 3 is 1.51 bits per heavy atom. The Labute approximate surface area is 579 Å². The normalized spacial score (nSPS) is 38.6. The predicted octanol–water partition coefficient (Wildman–Crippen LogP) is -6.48. The van der Waals surface area contributed by atoms with Gasteiger partial charge in [0.1, 0.15) is 153 Å². The highest BCUT2D eigenvalue weighted by molar-refractivity contribution is 5.90. The minimum Gasteiger partial charge on any atom is -0.508 e. The van der Waals surface area contributed by atoms with Crippen molar-refractivity contribution in [3.63, 3.8) is 0 Å². The van der Waals surface area contributed by atoms with Gasteiger partial charge in [-0.3, -0.25) is 9.59 Å². The molecule has 0 aromatic heterocycles. The third-order valence-electron chi connectivity index (χ3n) is 17.2. The number of esters is 5. The molecule has 0 bridgehead atoms. The van der Waals surface area contributed by atoms with Gasteiger partial charge < -0.3 is 157 Å². The van der Waals surface area contributed by atoms with Gasteiger partial charge in [-0.1, -0.05) is 42.5 Å². The maximum absolute atomic E-state index is 14.6. The fourth-order valence-corrected chi connectivity index (χ4v) is 11.6. The molecular weight excluding hydrogens is 1370 g/mol. The van der Waals surface area contributed by atoms with E-state index in [1.165, 1.54) is 91.9 Å². The SMILES string of the molecule is CC(=O)OC[C@H]1O[C@@H](O[C@@H]2[C@@H](O[C@@H]3O[C@H](CO)[C@@H](O)[C@H](O)[C@H]3O)[C@@H](O[C@]3(COC(=O)/C=C/c4ccc(O)cc4)O[C@H](CO)[C@@H](O)[C@@H]3OC(=O)c3ccccc3)O[C@H](COC(C)=O)[C@H]2OC(=O)/C=C/c2ccc(O[C@@H]3O[C@@H](C)[C@H](O)[C@@H](O)[C@H]3O)cc2)[C@H](O)[C@@H](O[C@@H]2O[C@H](CO)[C@@H](O)[C@H](O)[C@H]2O)[C@@H]1O. The smallest absolute Gasteiger partial charge is 0.338 e. The Hall–Kier alpha value is -6.91. The van der Waals surface area contributed by atoms with Crippen molar-refractivity contribution < 1.29 is 181 Å². The number of ether oxygens (including phenoxy) is 16. The first-order chi connectivity index (χ1) is 48.5. The van der Waals surface area contributed by atoms with Gasteiger partial charge in [-0.2, -0.15) is 0 Å². The van der Waals surface area contributed by atoms with E-state index in [0.717, 1.165) is 26.0 Å². The van der Waals surface area contributed by atoms with Gasteiger partial charge in [0, 0.05) is 26.0 Å². The summed E-state index contributed by atoms with van der Waals surface area (Å²) in [5.74, 6) is -8.94. The second-order valence-corrected chi connectivity index (χ2v) is 24.5. The molecule has 3 aromatic carbocycles. The number of carbonyl (C=O) groups is 5. The minimum absolute atomic E-state index is 0.0625. The first-order valence-corrected chi connectivity index (χ1v) is 32.0. The molecule has 6 heterocycles. The van der Waals surface area contributed by atoms with E-state index in [0.29, 0.717) is 5.56 Å². The van der Waals surface area contributed by atoms with Crippen LogP contribution in [0.5, 0.6) is 11.5 Å². The summed E-state index contributed by atoms with van der Waals surface area (Å²) in [6, 6.07) is 17.9. The summed E-state index contributed by atoms with van der Waals surface area (Å²) >= 11 is 0. The van der Waals surface area contributed by atoms with E-state index in [2.05, 4.69) is 0 Å². The van der Waals surface area contributed by atoms with Gasteiger partial charge in [0.15, 0.2) is 37.4 Å². The average molecular weight is 1460 g/mol. The van der Waals surface area contributed by atoms with Crippen LogP contribution in [0.15, 0.2) is 91.0 Å². The van der Waals surface area contributed by atoms with Gasteiger partial charge in [-0.15, -0.1) is 0 Å². The van der Waals surface area contributed by atoms with Crippen molar-refractivity contribution in [1.82, 2.24) is 0 Å². The first kappa shape index (κ1) is 79.2. The number of aromatic hydroxyl groups is 1. The summed E-state index contributed by atoms with van der Waals surface area (Å²) in [4.78, 5) is 68.0. The molecule has 3 aromatic rings. The Bertz CT molecular complexity index is 3290. The Balaban J connectivity index is 1.18. The molecule has 37 heteroatoms. The molecule has 102 heavy (non-hydrogen) atoms. The summed E-state index contributed by atoms with van der Waals surface area (Å²) in [5.41, 5.74) is 0.398. The Morgan fingerprint density at radius 1 is 0.451 bits per heavy atom. The van der Waals surface area contributed by atoms with Crippen LogP contribution in [-0.4, -0.2) is 329 Å². The highest BCUT2D eigenvalue weighted by atomic mass is 16.8. The first-order valence-electron chi connectivity index (χ1n) is 32.0. The van der Waals surface area contributed by atoms with Crippen molar-refractivity contribution in [2.75, 3.05) is 39.6 Å². The molecule has 9 rings (SSSR count). The third-order valence-corrected chi connectivity index (χ3v) is 17.2. The van der Waals surface area contributed by atoms with E-state index < -0.39 is 247 Å². The van der Waals surface area contributed by atoms with Crippen molar-refractivity contribution in [3.8, 4) is 11.5 Å². The van der Waals surface area contributed by atoms with Crippen LogP contribution in [-0.2, 0) is 90.2 Å². The molecule has 0 unspecified atom stereocenters. The van der Waals surface area contributed by atoms with Gasteiger partial charge in [-0.25, -0.2) is 14.4 Å². The zero-order chi connectivity index (χ0) is 74.0. The fourth-order valence-electron chi connectivity index (χ4n) is 11.6. The van der Waals surface area contributed by atoms with Gasteiger partial charge in [0.25, 0.3) is 0 Å². The van der Waals surface area contributed by atoms with Gasteiger partial charge in [0.05, 0.1) is 31.5 Å². The van der Waals surface area contributed by atoms with Crippen molar-refractivity contribution in [2.45, 2.75) is 198 Å². The van der Waals surface area contributed by atoms with E-state index >= 15 is 0 Å². The third kappa shape index (κ3) is 18.8. The number of aliphatic hydroxyl groups excluding tert-OH is 15. The van der Waals surface area contributed by atoms with Gasteiger partial charge in [-0.05, 0) is 66.6 Å². The largest absolute Gasteiger partial charge is 0.508 e. The number of carbonyl (C=O) groups excluding carboxylic acids is 5. The lowest BCUT2D eigenvalue weighted by molar-refractivity contribution is -0.423. The molecule has 37 nitrogen and oxygen atoms in total. The minimum atomic E-state index is -3.04. The van der Waals surface area contributed by atoms with E-state index in [4.69, 9.17) is 75.8 Å². The summed E-state index contributed by atoms with van der Waals surface area (Å²) in [5, 5.41) is 175. The lowest BCUT2D eigenvalue weighted by atomic mass is 9.95. The molecule has 0 aliphatic carbocycles. The highest BCUT2D eigenvalue weighted by Gasteiger charge is 2.65. The second kappa shape index (κ2) is 35.2. The maximum atomic E-state index is 14.6. The highest BCUT2D eigenvalue weighted by Crippen LogP contribution is 2.43. The van der Waals surface area contributed by atoms with Crippen molar-refractivity contribution in [2.24, 2.45) is 0 Å². The summed E-state index contributed by atoms with van der Waals surface area (Å²) in [6.07, 6.45) is -53.6. The summed E-state index contributed by atoms with van der Waals surface area (Å²) < 4.78 is 95.4. The Morgan fingerprint density at radius 2 is 0.941 bits per heavy atom. The number of aliphatic hydroxyl groups is 15. The molecule has 6 aliphatic rings. The van der Waals surface area contributed by atoms with E-state index in [-0.39, 0.29) is 22.6 Å². The molecule has 0 radical (unpaired) electrons. The van der Waals surface area contributed by atoms with E-state index in [1.807, 2.05) is 0 Å². The van der Waals surface area contributed by atoms with Crippen LogP contribution >= 0.6 is 0 Å². The lowest BCUT2D eigenvalue weighted by Crippen LogP contribution is -2.69. The fraction of sp³-hybridized carbons (Fsp3) is 0.585. The van der Waals surface area contributed by atoms with Gasteiger partial charge in [0.2, 0.25) is 12.1 Å². The van der Waals surface area contributed by atoms with Crippen molar-refractivity contribution in [3.05, 3.63) is 108 Å². The van der Waals surface area contributed by atoms with Crippen molar-refractivity contribution >= 4 is 42.0 Å². The molecule has 6 fully saturated rings. The van der Waals surface area contributed by atoms with Crippen LogP contribution in [0, 0.1) is 0 Å². The summed E-state index contributed by atoms with van der Waals surface area (Å²) in [6.45, 7) is -3.21. The van der Waals surface area contributed by atoms with Crippen LogP contribution < -0.4 is 4.74 Å². The number of hydrogen-bond acceptors (Lipinski definition) is 37. The van der Waals surface area contributed by atoms with Crippen molar-refractivity contribution in [1.29, 1.82) is 0 Å². The number of phenols is 1. The Kier molecular flexibility index (Phi) is 27.4. The topological polar surface area (TPSA) is 557 Å². The molecule has 29 atom stereocenters. The molecule has 0 spiro atoms. The molecule has 6 saturated heterocycles. The molecule has 16 N–H and O–H groups in total. The van der Waals surface area contributed by atoms with Crippen LogP contribution in [0.4, 0.5) is 0 Å². The van der Waals surface area contributed by atoms with Crippen LogP contribution in [0.3, 0.4) is 0 Å². The zero-order valence-corrected chi connectivity index (χ0v) is 54.5. The average Bonchev–Trinajstić information content (AvgIpc) is 1.44. The monoisotopic (exact) mass is 1450 g/mol. The quantitative estimate of drug-likeness (QED) is 0.0202. The number of phenolic OH excluding ortho intramolecular Hbond substituents is 1. The lowest BCUT2D eigenvalue weighted by Gasteiger charge is -2.51. The molecule has 0 saturated carbocycles. The molecular formula is C65H82O37. The standard InChI is InChI=1S/C65H82O37/c1-27-42(74)47(79)50(82)60(90-27)91-34-17-11-31(12-18-34)14-20-41(73)96-54-39(25-88-29(3)70)95-64(102-65(26-89-40(72)19-13-30-9-15-33(71)16-10-30)58(46(78)37(23-68)101-65)100-59(86)32-7-5-4-6-8-32)57(99-62-52(84)49(81)44(76)36(22-67)93-62)56(54)98-63-53(85)55(45(77)38(94-63)24-87-28(2)69)97-61-51(83)48(80)43(75)35(21-66)92-61/h4-20,27,35-39,42-58,60-64,66-68,71,74-85H,21-26H2,1-3H3/b19-13+,20-14+/t27-,35+,36+,37+,38+,39+,42-,43+,44+,45+,46+,47+,48-,49-,50+,51+,52+,53+,54+,55-,56-,57+,58-,60-,61-,62-,63-,64+,65-/m0/s1. The number of benzene rings is 3. The van der Waals surface area contributed by atoms with Gasteiger partial charge >= 0.3 is 29.8 Å². The van der Waals surface area contributed by atoms with E-state index in [1.54, 1.807) is 6.07 Å². The molecule has 6 aliphatic heterocycles. The van der Waals surface area contributed by atoms with Crippen LogP contribution in [0.25, 0.3) is 12.2 Å². The molecule has 564 valence electrons. The second-order valence-electron chi connectivity index (χ2n) is 24.5. The van der Waals surface area contributed by atoms with Crippen LogP contribution in [0.2, 0.25) is 0 Å². The molecule has 0 amide bonds. The summed E-state index contributed by atoms with van der Waals surface area (Å²) in [7, 11) is 0. The maximum Gasteiger partial charge on any atom is 0.338 e. The van der Waals surface area contributed by atoms with E-state index in [9.17, 15) is 106 Å². The zero-order valence-electron chi connectivity index (χ0n) is 54.5.